The number of hydrogen-bond donors (Lipinski definition) is 0. The Labute approximate surface area is 266 Å². The summed E-state index contributed by atoms with van der Waals surface area (Å²) in [6.45, 7) is 25.5. The second-order valence-electron chi connectivity index (χ2n) is 14.3. The lowest BCUT2D eigenvalue weighted by atomic mass is 9.85. The lowest BCUT2D eigenvalue weighted by Gasteiger charge is -2.42. The smallest absolute Gasteiger partial charge is 0.261 e. The summed E-state index contributed by atoms with van der Waals surface area (Å²) >= 11 is 0. The van der Waals surface area contributed by atoms with Crippen molar-refractivity contribution in [3.63, 3.8) is 0 Å². The normalized spacial score (nSPS) is 13.4. The summed E-state index contributed by atoms with van der Waals surface area (Å²) in [5.74, 6) is 0. The first kappa shape index (κ1) is 36.5. The van der Waals surface area contributed by atoms with Gasteiger partial charge in [-0.2, -0.15) is 0 Å². The molecule has 0 N–H and O–H groups in total. The Hall–Kier alpha value is -2.68. The maximum atomic E-state index is 7.04. The highest BCUT2D eigenvalue weighted by Gasteiger charge is 2.49. The van der Waals surface area contributed by atoms with Crippen LogP contribution in [0.15, 0.2) is 120 Å². The van der Waals surface area contributed by atoms with Crippen molar-refractivity contribution < 1.29 is 4.43 Å². The largest absolute Gasteiger partial charge is 0.404 e. The molecule has 0 spiro atoms. The van der Waals surface area contributed by atoms with Gasteiger partial charge in [0.15, 0.2) is 0 Å². The zero-order chi connectivity index (χ0) is 31.9. The van der Waals surface area contributed by atoms with E-state index in [1.807, 2.05) is 0 Å². The van der Waals surface area contributed by atoms with E-state index < -0.39 is 8.32 Å². The Bertz CT molecular complexity index is 1190. The van der Waals surface area contributed by atoms with Crippen molar-refractivity contribution in [3.8, 4) is 0 Å². The molecule has 2 heteroatoms. The summed E-state index contributed by atoms with van der Waals surface area (Å²) in [5.41, 5.74) is 5.77. The second kappa shape index (κ2) is 17.6. The van der Waals surface area contributed by atoms with E-state index >= 15 is 0 Å². The first-order valence-corrected chi connectivity index (χ1v) is 18.2. The maximum Gasteiger partial charge on any atom is 0.261 e. The van der Waals surface area contributed by atoms with Crippen LogP contribution in [0.4, 0.5) is 0 Å². The highest BCUT2D eigenvalue weighted by molar-refractivity contribution is 6.99. The summed E-state index contributed by atoms with van der Waals surface area (Å²) in [6, 6.07) is 21.8. The quantitative estimate of drug-likeness (QED) is 0.130. The highest BCUT2D eigenvalue weighted by atomic mass is 28.4. The van der Waals surface area contributed by atoms with Crippen molar-refractivity contribution in [3.05, 3.63) is 120 Å². The Kier molecular flexibility index (Phi) is 14.9. The van der Waals surface area contributed by atoms with Gasteiger partial charge < -0.3 is 4.43 Å². The Morgan fingerprint density at radius 3 is 1.79 bits per heavy atom. The van der Waals surface area contributed by atoms with Gasteiger partial charge in [0.1, 0.15) is 0 Å². The molecule has 0 aromatic heterocycles. The Morgan fingerprint density at radius 1 is 0.721 bits per heavy atom. The van der Waals surface area contributed by atoms with E-state index in [4.69, 9.17) is 4.43 Å². The van der Waals surface area contributed by atoms with Gasteiger partial charge in [-0.1, -0.05) is 155 Å². The van der Waals surface area contributed by atoms with Gasteiger partial charge in [-0.05, 0) is 93.5 Å². The van der Waals surface area contributed by atoms with Gasteiger partial charge in [-0.3, -0.25) is 0 Å². The van der Waals surface area contributed by atoms with E-state index in [0.717, 1.165) is 44.9 Å². The zero-order valence-electron chi connectivity index (χ0n) is 28.9. The average molecular weight is 597 g/mol. The van der Waals surface area contributed by atoms with E-state index in [2.05, 4.69) is 160 Å². The first-order chi connectivity index (χ1) is 20.3. The predicted molar refractivity (Wildman–Crippen MR) is 195 cm³/mol. The molecule has 0 aliphatic rings. The van der Waals surface area contributed by atoms with Crippen LogP contribution in [0.25, 0.3) is 0 Å². The topological polar surface area (TPSA) is 9.23 Å². The minimum Gasteiger partial charge on any atom is -0.404 e. The van der Waals surface area contributed by atoms with Crippen molar-refractivity contribution >= 4 is 18.7 Å². The zero-order valence-corrected chi connectivity index (χ0v) is 29.9. The minimum absolute atomic E-state index is 0.00236. The first-order valence-electron chi connectivity index (χ1n) is 16.3. The molecule has 0 saturated heterocycles. The van der Waals surface area contributed by atoms with Gasteiger partial charge in [0.05, 0.1) is 6.61 Å². The second-order valence-corrected chi connectivity index (χ2v) is 18.6. The van der Waals surface area contributed by atoms with Crippen LogP contribution in [0.5, 0.6) is 0 Å². The van der Waals surface area contributed by atoms with E-state index in [9.17, 15) is 0 Å². The lowest BCUT2D eigenvalue weighted by molar-refractivity contribution is 0.338. The molecule has 0 unspecified atom stereocenters. The summed E-state index contributed by atoms with van der Waals surface area (Å²) < 4.78 is 7.04. The maximum absolute atomic E-state index is 7.04. The molecule has 0 fully saturated rings. The molecule has 0 amide bonds. The van der Waals surface area contributed by atoms with Crippen LogP contribution in [0.3, 0.4) is 0 Å². The fourth-order valence-electron chi connectivity index (χ4n) is 5.58. The minimum atomic E-state index is -2.49. The molecular weight excluding hydrogens is 537 g/mol. The van der Waals surface area contributed by atoms with Gasteiger partial charge in [-0.25, -0.2) is 0 Å². The molecule has 234 valence electrons. The number of benzene rings is 2. The number of allylic oxidation sites excluding steroid dienone is 8. The molecule has 0 radical (unpaired) electrons. The molecule has 0 saturated carbocycles. The van der Waals surface area contributed by atoms with Crippen molar-refractivity contribution in [2.45, 2.75) is 112 Å². The van der Waals surface area contributed by atoms with E-state index in [1.54, 1.807) is 0 Å². The van der Waals surface area contributed by atoms with Crippen molar-refractivity contribution in [2.24, 2.45) is 5.41 Å². The Morgan fingerprint density at radius 2 is 1.26 bits per heavy atom. The Balaban J connectivity index is 1.92. The molecule has 2 aromatic rings. The van der Waals surface area contributed by atoms with Crippen molar-refractivity contribution in [1.82, 2.24) is 0 Å². The monoisotopic (exact) mass is 596 g/mol. The molecule has 1 nitrogen and oxygen atoms in total. The molecule has 2 aromatic carbocycles. The predicted octanol–water partition coefficient (Wildman–Crippen LogP) is 11.3. The van der Waals surface area contributed by atoms with Crippen LogP contribution < -0.4 is 10.4 Å². The van der Waals surface area contributed by atoms with Gasteiger partial charge in [0.2, 0.25) is 0 Å². The van der Waals surface area contributed by atoms with Crippen LogP contribution in [0.2, 0.25) is 5.04 Å². The fourth-order valence-corrected chi connectivity index (χ4v) is 10.1. The molecule has 0 aliphatic heterocycles. The summed E-state index contributed by atoms with van der Waals surface area (Å²) in [4.78, 5) is 0. The van der Waals surface area contributed by atoms with Crippen LogP contribution in [0, 0.1) is 5.41 Å². The SMILES string of the molecule is C=C(C/C=C(\C)CCC=C(C)C)CCC(C)(C)/C=C/CC/C(C)=C\CO[Si](c1ccccc1)(c1ccccc1)C(C)(C)C. The molecule has 0 atom stereocenters. The van der Waals surface area contributed by atoms with Gasteiger partial charge in [0.25, 0.3) is 8.32 Å². The van der Waals surface area contributed by atoms with Crippen LogP contribution in [-0.4, -0.2) is 14.9 Å². The van der Waals surface area contributed by atoms with Crippen LogP contribution in [0.1, 0.15) is 107 Å². The molecule has 0 aliphatic carbocycles. The van der Waals surface area contributed by atoms with Gasteiger partial charge >= 0.3 is 0 Å². The fraction of sp³-hybridized carbons (Fsp3) is 0.463. The van der Waals surface area contributed by atoms with Crippen molar-refractivity contribution in [1.29, 1.82) is 0 Å². The average Bonchev–Trinajstić information content (AvgIpc) is 2.95. The van der Waals surface area contributed by atoms with Gasteiger partial charge in [-0.15, -0.1) is 0 Å². The molecule has 2 rings (SSSR count). The number of hydrogen-bond acceptors (Lipinski definition) is 1. The molecule has 43 heavy (non-hydrogen) atoms. The third-order valence-corrected chi connectivity index (χ3v) is 13.4. The lowest BCUT2D eigenvalue weighted by Crippen LogP contribution is -2.66. The summed E-state index contributed by atoms with van der Waals surface area (Å²) in [6.07, 6.45) is 19.4. The third kappa shape index (κ3) is 12.4. The summed E-state index contributed by atoms with van der Waals surface area (Å²) in [5, 5.41) is 2.66. The van der Waals surface area contributed by atoms with E-state index in [1.165, 1.54) is 32.7 Å². The van der Waals surface area contributed by atoms with Crippen molar-refractivity contribution in [2.75, 3.05) is 6.61 Å². The summed E-state index contributed by atoms with van der Waals surface area (Å²) in [7, 11) is -2.49. The van der Waals surface area contributed by atoms with E-state index in [-0.39, 0.29) is 10.5 Å². The standard InChI is InChI=1S/C41H60OSi/c1-34(2)20-19-22-35(3)27-28-37(5)29-32-41(9,10)31-18-17-21-36(4)30-33-42-43(40(6,7)8,38-23-13-11-14-24-38)39-25-15-12-16-26-39/h11-16,18,20,23-27,30-31H,5,17,19,21-22,28-29,32-33H2,1-4,6-10H3/b31-18+,35-27+,36-30-. The molecule has 0 bridgehead atoms. The van der Waals surface area contributed by atoms with Crippen LogP contribution in [-0.2, 0) is 4.43 Å². The van der Waals surface area contributed by atoms with Gasteiger partial charge in [0, 0.05) is 0 Å². The number of rotatable bonds is 17. The van der Waals surface area contributed by atoms with Crippen LogP contribution >= 0.6 is 0 Å². The van der Waals surface area contributed by atoms with E-state index in [0.29, 0.717) is 6.61 Å². The molecule has 0 heterocycles. The molecular formula is C41H60OSi. The third-order valence-electron chi connectivity index (χ3n) is 8.38. The highest BCUT2D eigenvalue weighted by Crippen LogP contribution is 2.36.